The molecule has 0 saturated heterocycles. The largest absolute Gasteiger partial charge is 0.381 e. The maximum Gasteiger partial charge on any atom is 0.0492 e. The van der Waals surface area contributed by atoms with Crippen LogP contribution in [0.25, 0.3) is 0 Å². The van der Waals surface area contributed by atoms with Crippen LogP contribution in [0.5, 0.6) is 0 Å². The summed E-state index contributed by atoms with van der Waals surface area (Å²) < 4.78 is 5.52. The molecule has 0 radical (unpaired) electrons. The first-order valence-electron chi connectivity index (χ1n) is 6.01. The average molecular weight is 201 g/mol. The Kier molecular flexibility index (Phi) is 9.42. The molecule has 0 bridgehead atoms. The van der Waals surface area contributed by atoms with Crippen molar-refractivity contribution in [1.82, 2.24) is 5.32 Å². The van der Waals surface area contributed by atoms with Gasteiger partial charge in [-0.3, -0.25) is 0 Å². The molecule has 0 aromatic rings. The minimum absolute atomic E-state index is 0.621. The Morgan fingerprint density at radius 1 is 1.14 bits per heavy atom. The summed E-state index contributed by atoms with van der Waals surface area (Å²) in [6.45, 7) is 11.8. The fourth-order valence-electron chi connectivity index (χ4n) is 1.57. The van der Waals surface area contributed by atoms with Gasteiger partial charge in [0, 0.05) is 19.3 Å². The van der Waals surface area contributed by atoms with Crippen molar-refractivity contribution in [2.24, 2.45) is 5.92 Å². The van der Waals surface area contributed by atoms with E-state index in [1.165, 1.54) is 12.8 Å². The minimum Gasteiger partial charge on any atom is -0.381 e. The van der Waals surface area contributed by atoms with Crippen molar-refractivity contribution in [3.05, 3.63) is 0 Å². The van der Waals surface area contributed by atoms with E-state index in [-0.39, 0.29) is 0 Å². The van der Waals surface area contributed by atoms with Gasteiger partial charge in [-0.2, -0.15) is 0 Å². The van der Waals surface area contributed by atoms with Crippen molar-refractivity contribution < 1.29 is 4.74 Å². The zero-order valence-corrected chi connectivity index (χ0v) is 10.3. The van der Waals surface area contributed by atoms with Gasteiger partial charge in [0.1, 0.15) is 0 Å². The topological polar surface area (TPSA) is 21.3 Å². The minimum atomic E-state index is 0.621. The monoisotopic (exact) mass is 201 g/mol. The fraction of sp³-hybridized carbons (Fsp3) is 1.00. The van der Waals surface area contributed by atoms with Gasteiger partial charge in [-0.1, -0.05) is 20.8 Å². The second-order valence-corrected chi connectivity index (χ2v) is 4.27. The van der Waals surface area contributed by atoms with Gasteiger partial charge >= 0.3 is 0 Å². The van der Waals surface area contributed by atoms with Crippen molar-refractivity contribution in [2.75, 3.05) is 19.8 Å². The first-order chi connectivity index (χ1) is 6.70. The lowest BCUT2D eigenvalue weighted by molar-refractivity contribution is 0.0993. The van der Waals surface area contributed by atoms with E-state index in [0.717, 1.165) is 26.2 Å². The highest BCUT2D eigenvalue weighted by molar-refractivity contribution is 4.64. The number of rotatable bonds is 9. The molecule has 2 nitrogen and oxygen atoms in total. The molecule has 0 amide bonds. The van der Waals surface area contributed by atoms with Crippen LogP contribution in [0.1, 0.15) is 47.0 Å². The Hall–Kier alpha value is -0.0800. The summed E-state index contributed by atoms with van der Waals surface area (Å²) in [4.78, 5) is 0. The second kappa shape index (κ2) is 9.47. The molecule has 0 rings (SSSR count). The summed E-state index contributed by atoms with van der Waals surface area (Å²) in [7, 11) is 0. The van der Waals surface area contributed by atoms with Gasteiger partial charge in [0.15, 0.2) is 0 Å². The Labute approximate surface area is 89.4 Å². The van der Waals surface area contributed by atoms with E-state index in [1.54, 1.807) is 0 Å². The number of nitrogens with one attached hydrogen (secondary N) is 1. The molecule has 0 heterocycles. The van der Waals surface area contributed by atoms with E-state index in [4.69, 9.17) is 4.74 Å². The van der Waals surface area contributed by atoms with E-state index in [1.807, 2.05) is 0 Å². The number of hydrogen-bond donors (Lipinski definition) is 1. The molecule has 14 heavy (non-hydrogen) atoms. The highest BCUT2D eigenvalue weighted by atomic mass is 16.5. The SMILES string of the molecule is CCCNC(C)CC(C)COCCC. The standard InChI is InChI=1S/C12H27NO/c1-5-7-13-12(4)9-11(3)10-14-8-6-2/h11-13H,5-10H2,1-4H3. The molecule has 0 aromatic carbocycles. The second-order valence-electron chi connectivity index (χ2n) is 4.27. The lowest BCUT2D eigenvalue weighted by Gasteiger charge is -2.18. The van der Waals surface area contributed by atoms with Crippen molar-refractivity contribution in [3.63, 3.8) is 0 Å². The van der Waals surface area contributed by atoms with Crippen molar-refractivity contribution in [2.45, 2.75) is 53.0 Å². The molecule has 86 valence electrons. The number of hydrogen-bond acceptors (Lipinski definition) is 2. The van der Waals surface area contributed by atoms with Gasteiger partial charge < -0.3 is 10.1 Å². The third-order valence-corrected chi connectivity index (χ3v) is 2.25. The van der Waals surface area contributed by atoms with Crippen LogP contribution >= 0.6 is 0 Å². The van der Waals surface area contributed by atoms with E-state index in [2.05, 4.69) is 33.0 Å². The third-order valence-electron chi connectivity index (χ3n) is 2.25. The predicted octanol–water partition coefficient (Wildman–Crippen LogP) is 2.83. The zero-order chi connectivity index (χ0) is 10.8. The zero-order valence-electron chi connectivity index (χ0n) is 10.3. The molecule has 1 N–H and O–H groups in total. The summed E-state index contributed by atoms with van der Waals surface area (Å²) in [5.41, 5.74) is 0. The Morgan fingerprint density at radius 2 is 1.86 bits per heavy atom. The van der Waals surface area contributed by atoms with Crippen LogP contribution in [0.2, 0.25) is 0 Å². The van der Waals surface area contributed by atoms with Crippen LogP contribution < -0.4 is 5.32 Å². The van der Waals surface area contributed by atoms with Gasteiger partial charge in [0.05, 0.1) is 0 Å². The summed E-state index contributed by atoms with van der Waals surface area (Å²) >= 11 is 0. The van der Waals surface area contributed by atoms with Crippen molar-refractivity contribution >= 4 is 0 Å². The van der Waals surface area contributed by atoms with Crippen LogP contribution in [0.4, 0.5) is 0 Å². The Morgan fingerprint density at radius 3 is 2.43 bits per heavy atom. The van der Waals surface area contributed by atoms with Gasteiger partial charge in [-0.25, -0.2) is 0 Å². The summed E-state index contributed by atoms with van der Waals surface area (Å²) in [6.07, 6.45) is 3.55. The van der Waals surface area contributed by atoms with Gasteiger partial charge in [0.25, 0.3) is 0 Å². The maximum atomic E-state index is 5.52. The predicted molar refractivity (Wildman–Crippen MR) is 62.6 cm³/mol. The van der Waals surface area contributed by atoms with Crippen LogP contribution in [-0.4, -0.2) is 25.8 Å². The maximum absolute atomic E-state index is 5.52. The molecule has 2 heteroatoms. The smallest absolute Gasteiger partial charge is 0.0492 e. The van der Waals surface area contributed by atoms with E-state index in [9.17, 15) is 0 Å². The molecule has 0 aromatic heterocycles. The van der Waals surface area contributed by atoms with E-state index in [0.29, 0.717) is 12.0 Å². The van der Waals surface area contributed by atoms with Crippen molar-refractivity contribution in [3.8, 4) is 0 Å². The highest BCUT2D eigenvalue weighted by Crippen LogP contribution is 2.06. The molecule has 0 aliphatic rings. The molecule has 0 fully saturated rings. The molecule has 0 aliphatic heterocycles. The molecule has 0 aliphatic carbocycles. The lowest BCUT2D eigenvalue weighted by atomic mass is 10.0. The average Bonchev–Trinajstić information content (AvgIpc) is 2.15. The van der Waals surface area contributed by atoms with Crippen molar-refractivity contribution in [1.29, 1.82) is 0 Å². The summed E-state index contributed by atoms with van der Waals surface area (Å²) in [5, 5.41) is 3.50. The lowest BCUT2D eigenvalue weighted by Crippen LogP contribution is -2.29. The summed E-state index contributed by atoms with van der Waals surface area (Å²) in [5.74, 6) is 0.668. The molecule has 2 atom stereocenters. The molecular formula is C12H27NO. The van der Waals surface area contributed by atoms with E-state index < -0.39 is 0 Å². The molecule has 0 saturated carbocycles. The summed E-state index contributed by atoms with van der Waals surface area (Å²) in [6, 6.07) is 0.621. The number of ether oxygens (including phenoxy) is 1. The molecule has 2 unspecified atom stereocenters. The van der Waals surface area contributed by atoms with Gasteiger partial charge in [0.2, 0.25) is 0 Å². The van der Waals surface area contributed by atoms with Gasteiger partial charge in [-0.05, 0) is 38.6 Å². The molecular weight excluding hydrogens is 174 g/mol. The van der Waals surface area contributed by atoms with Gasteiger partial charge in [-0.15, -0.1) is 0 Å². The van der Waals surface area contributed by atoms with Crippen LogP contribution in [0.15, 0.2) is 0 Å². The first-order valence-corrected chi connectivity index (χ1v) is 6.01. The third kappa shape index (κ3) is 8.52. The van der Waals surface area contributed by atoms with E-state index >= 15 is 0 Å². The quantitative estimate of drug-likeness (QED) is 0.579. The molecule has 0 spiro atoms. The Balaban J connectivity index is 3.35. The first kappa shape index (κ1) is 13.9. The Bertz CT molecular complexity index is 117. The highest BCUT2D eigenvalue weighted by Gasteiger charge is 2.07. The normalized spacial score (nSPS) is 15.4. The van der Waals surface area contributed by atoms with Crippen LogP contribution in [-0.2, 0) is 4.74 Å². The van der Waals surface area contributed by atoms with Crippen LogP contribution in [0, 0.1) is 5.92 Å². The fourth-order valence-corrected chi connectivity index (χ4v) is 1.57. The van der Waals surface area contributed by atoms with Crippen LogP contribution in [0.3, 0.4) is 0 Å².